The highest BCUT2D eigenvalue weighted by Gasteiger charge is 2.36. The van der Waals surface area contributed by atoms with Gasteiger partial charge in [0.2, 0.25) is 0 Å². The Morgan fingerprint density at radius 3 is 2.80 bits per heavy atom. The number of primary amides is 1. The van der Waals surface area contributed by atoms with E-state index in [4.69, 9.17) is 5.73 Å². The third kappa shape index (κ3) is 3.59. The van der Waals surface area contributed by atoms with E-state index < -0.39 is 17.8 Å². The number of halogens is 3. The molecule has 134 valence electrons. The van der Waals surface area contributed by atoms with Crippen molar-refractivity contribution in [3.8, 4) is 0 Å². The minimum Gasteiger partial charge on any atom is -0.371 e. The van der Waals surface area contributed by atoms with Gasteiger partial charge in [0, 0.05) is 44.1 Å². The Kier molecular flexibility index (Phi) is 4.40. The third-order valence-electron chi connectivity index (χ3n) is 4.35. The predicted octanol–water partition coefficient (Wildman–Crippen LogP) is 2.32. The SMILES string of the molecule is Cn1cc(C(F)(F)F)nc1[C@H]1CCCN(c2ccnc(C(N)=O)c2)C1. The molecule has 1 atom stereocenters. The van der Waals surface area contributed by atoms with Crippen LogP contribution in [0, 0.1) is 0 Å². The lowest BCUT2D eigenvalue weighted by Crippen LogP contribution is -2.35. The van der Waals surface area contributed by atoms with Crippen molar-refractivity contribution in [2.45, 2.75) is 24.9 Å². The van der Waals surface area contributed by atoms with E-state index in [0.29, 0.717) is 12.4 Å². The second kappa shape index (κ2) is 6.38. The molecule has 0 radical (unpaired) electrons. The van der Waals surface area contributed by atoms with E-state index in [0.717, 1.165) is 31.3 Å². The predicted molar refractivity (Wildman–Crippen MR) is 85.2 cm³/mol. The number of hydrogen-bond donors (Lipinski definition) is 1. The summed E-state index contributed by atoms with van der Waals surface area (Å²) in [7, 11) is 1.58. The largest absolute Gasteiger partial charge is 0.434 e. The molecule has 25 heavy (non-hydrogen) atoms. The number of imidazole rings is 1. The van der Waals surface area contributed by atoms with Crippen LogP contribution in [0.4, 0.5) is 18.9 Å². The fourth-order valence-electron chi connectivity index (χ4n) is 3.17. The number of rotatable bonds is 3. The second-order valence-corrected chi connectivity index (χ2v) is 6.14. The van der Waals surface area contributed by atoms with Crippen molar-refractivity contribution in [1.29, 1.82) is 0 Å². The molecule has 1 saturated heterocycles. The Bertz CT molecular complexity index is 786. The molecule has 2 aromatic rings. The molecule has 1 fully saturated rings. The van der Waals surface area contributed by atoms with E-state index in [1.807, 2.05) is 4.90 Å². The molecule has 0 saturated carbocycles. The first-order chi connectivity index (χ1) is 11.8. The summed E-state index contributed by atoms with van der Waals surface area (Å²) < 4.78 is 40.1. The minimum absolute atomic E-state index is 0.125. The van der Waals surface area contributed by atoms with Gasteiger partial charge in [-0.15, -0.1) is 0 Å². The number of carbonyl (C=O) groups excluding carboxylic acids is 1. The zero-order valence-electron chi connectivity index (χ0n) is 13.6. The first-order valence-corrected chi connectivity index (χ1v) is 7.87. The highest BCUT2D eigenvalue weighted by molar-refractivity contribution is 5.91. The van der Waals surface area contributed by atoms with Gasteiger partial charge in [-0.05, 0) is 25.0 Å². The van der Waals surface area contributed by atoms with E-state index in [1.165, 1.54) is 10.8 Å². The van der Waals surface area contributed by atoms with Crippen LogP contribution in [0.1, 0.15) is 40.8 Å². The van der Waals surface area contributed by atoms with Crippen molar-refractivity contribution in [3.63, 3.8) is 0 Å². The summed E-state index contributed by atoms with van der Waals surface area (Å²) >= 11 is 0. The van der Waals surface area contributed by atoms with Crippen LogP contribution in [-0.2, 0) is 13.2 Å². The number of amides is 1. The van der Waals surface area contributed by atoms with Crippen molar-refractivity contribution < 1.29 is 18.0 Å². The number of nitrogens with two attached hydrogens (primary N) is 1. The fraction of sp³-hybridized carbons (Fsp3) is 0.438. The van der Waals surface area contributed by atoms with Gasteiger partial charge >= 0.3 is 6.18 Å². The van der Waals surface area contributed by atoms with E-state index >= 15 is 0 Å². The number of hydrogen-bond acceptors (Lipinski definition) is 4. The van der Waals surface area contributed by atoms with Crippen LogP contribution >= 0.6 is 0 Å². The van der Waals surface area contributed by atoms with Crippen LogP contribution in [0.5, 0.6) is 0 Å². The van der Waals surface area contributed by atoms with Crippen molar-refractivity contribution in [1.82, 2.24) is 14.5 Å². The number of carbonyl (C=O) groups is 1. The maximum atomic E-state index is 12.9. The Labute approximate surface area is 142 Å². The summed E-state index contributed by atoms with van der Waals surface area (Å²) in [6.45, 7) is 1.26. The van der Waals surface area contributed by atoms with Gasteiger partial charge in [-0.3, -0.25) is 9.78 Å². The standard InChI is InChI=1S/C16H18F3N5O/c1-23-9-13(16(17,18)19)22-15(23)10-3-2-6-24(8-10)11-4-5-21-12(7-11)14(20)25/h4-5,7,9-10H,2-3,6,8H2,1H3,(H2,20,25)/t10-/m0/s1. The Morgan fingerprint density at radius 2 is 2.16 bits per heavy atom. The lowest BCUT2D eigenvalue weighted by atomic mass is 9.96. The summed E-state index contributed by atoms with van der Waals surface area (Å²) in [5.74, 6) is -0.324. The molecule has 1 aliphatic rings. The van der Waals surface area contributed by atoms with Crippen LogP contribution in [-0.4, -0.2) is 33.5 Å². The summed E-state index contributed by atoms with van der Waals surface area (Å²) in [5.41, 5.74) is 5.32. The zero-order valence-corrected chi connectivity index (χ0v) is 13.6. The minimum atomic E-state index is -4.45. The van der Waals surface area contributed by atoms with Gasteiger partial charge in [-0.1, -0.05) is 0 Å². The molecule has 0 aromatic carbocycles. The monoisotopic (exact) mass is 353 g/mol. The molecule has 0 unspecified atom stereocenters. The number of aromatic nitrogens is 3. The van der Waals surface area contributed by atoms with E-state index in [-0.39, 0.29) is 11.6 Å². The summed E-state index contributed by atoms with van der Waals surface area (Å²) in [6.07, 6.45) is -0.362. The van der Waals surface area contributed by atoms with Crippen LogP contribution in [0.25, 0.3) is 0 Å². The quantitative estimate of drug-likeness (QED) is 0.919. The van der Waals surface area contributed by atoms with Crippen molar-refractivity contribution in [2.24, 2.45) is 12.8 Å². The average molecular weight is 353 g/mol. The van der Waals surface area contributed by atoms with Gasteiger partial charge in [0.05, 0.1) is 0 Å². The molecule has 3 heterocycles. The molecular weight excluding hydrogens is 335 g/mol. The third-order valence-corrected chi connectivity index (χ3v) is 4.35. The maximum absolute atomic E-state index is 12.9. The number of piperidine rings is 1. The molecule has 0 aliphatic carbocycles. The van der Waals surface area contributed by atoms with Crippen molar-refractivity contribution >= 4 is 11.6 Å². The normalized spacial score (nSPS) is 18.4. The maximum Gasteiger partial charge on any atom is 0.434 e. The number of alkyl halides is 3. The van der Waals surface area contributed by atoms with Crippen molar-refractivity contribution in [3.05, 3.63) is 41.7 Å². The first-order valence-electron chi connectivity index (χ1n) is 7.87. The molecule has 9 heteroatoms. The highest BCUT2D eigenvalue weighted by Crippen LogP contribution is 2.33. The van der Waals surface area contributed by atoms with Gasteiger partial charge in [-0.2, -0.15) is 13.2 Å². The zero-order chi connectivity index (χ0) is 18.2. The lowest BCUT2D eigenvalue weighted by molar-refractivity contribution is -0.141. The topological polar surface area (TPSA) is 77.0 Å². The van der Waals surface area contributed by atoms with Crippen LogP contribution in [0.3, 0.4) is 0 Å². The van der Waals surface area contributed by atoms with Crippen LogP contribution in [0.15, 0.2) is 24.5 Å². The summed E-state index contributed by atoms with van der Waals surface area (Å²) in [4.78, 5) is 21.0. The van der Waals surface area contributed by atoms with Gasteiger partial charge in [0.25, 0.3) is 5.91 Å². The smallest absolute Gasteiger partial charge is 0.371 e. The number of anilines is 1. The van der Waals surface area contributed by atoms with E-state index in [9.17, 15) is 18.0 Å². The molecule has 2 N–H and O–H groups in total. The highest BCUT2D eigenvalue weighted by atomic mass is 19.4. The Hall–Kier alpha value is -2.58. The lowest BCUT2D eigenvalue weighted by Gasteiger charge is -2.34. The molecule has 0 bridgehead atoms. The van der Waals surface area contributed by atoms with Gasteiger partial charge in [0.15, 0.2) is 5.69 Å². The molecular formula is C16H18F3N5O. The van der Waals surface area contributed by atoms with E-state index in [2.05, 4.69) is 9.97 Å². The average Bonchev–Trinajstić information content (AvgIpc) is 2.97. The first kappa shape index (κ1) is 17.2. The molecule has 6 nitrogen and oxygen atoms in total. The van der Waals surface area contributed by atoms with Gasteiger partial charge in [0.1, 0.15) is 11.5 Å². The number of aryl methyl sites for hydroxylation is 1. The molecule has 2 aromatic heterocycles. The second-order valence-electron chi connectivity index (χ2n) is 6.14. The summed E-state index contributed by atoms with van der Waals surface area (Å²) in [5, 5.41) is 0. The molecule has 1 amide bonds. The molecule has 0 spiro atoms. The number of nitrogens with zero attached hydrogens (tertiary/aromatic N) is 4. The molecule has 3 rings (SSSR count). The van der Waals surface area contributed by atoms with Gasteiger partial charge < -0.3 is 15.2 Å². The van der Waals surface area contributed by atoms with Crippen LogP contribution < -0.4 is 10.6 Å². The van der Waals surface area contributed by atoms with Gasteiger partial charge in [-0.25, -0.2) is 4.98 Å². The Balaban J connectivity index is 1.83. The molecule has 1 aliphatic heterocycles. The number of pyridine rings is 1. The van der Waals surface area contributed by atoms with Crippen molar-refractivity contribution in [2.75, 3.05) is 18.0 Å². The Morgan fingerprint density at radius 1 is 1.40 bits per heavy atom. The van der Waals surface area contributed by atoms with E-state index in [1.54, 1.807) is 19.2 Å². The summed E-state index contributed by atoms with van der Waals surface area (Å²) in [6, 6.07) is 3.36. The van der Waals surface area contributed by atoms with Crippen LogP contribution in [0.2, 0.25) is 0 Å². The fourth-order valence-corrected chi connectivity index (χ4v) is 3.17.